The van der Waals surface area contributed by atoms with Crippen molar-refractivity contribution >= 4 is 34.6 Å². The first-order chi connectivity index (χ1) is 22.5. The topological polar surface area (TPSA) is 59.1 Å². The number of hydrogen-bond acceptors (Lipinski definition) is 8. The van der Waals surface area contributed by atoms with Crippen LogP contribution in [0.1, 0.15) is 73.3 Å². The number of benzene rings is 2. The van der Waals surface area contributed by atoms with Crippen LogP contribution in [0, 0.1) is 0 Å². The second-order valence-electron chi connectivity index (χ2n) is 11.0. The van der Waals surface area contributed by atoms with Crippen molar-refractivity contribution in [2.75, 3.05) is 26.2 Å². The first kappa shape index (κ1) is 35.3. The van der Waals surface area contributed by atoms with E-state index in [4.69, 9.17) is 9.47 Å². The van der Waals surface area contributed by atoms with Crippen LogP contribution in [0.2, 0.25) is 0 Å². The van der Waals surface area contributed by atoms with Gasteiger partial charge in [-0.2, -0.15) is 0 Å². The zero-order valence-electron chi connectivity index (χ0n) is 27.3. The predicted octanol–water partition coefficient (Wildman–Crippen LogP) is 8.53. The van der Waals surface area contributed by atoms with Gasteiger partial charge in [-0.05, 0) is 60.2 Å². The number of carbonyl (C=O) groups is 2. The summed E-state index contributed by atoms with van der Waals surface area (Å²) in [5, 5.41) is 4.15. The van der Waals surface area contributed by atoms with Crippen LogP contribution in [0.15, 0.2) is 108 Å². The third kappa shape index (κ3) is 9.97. The third-order valence-corrected chi connectivity index (χ3v) is 10.3. The van der Waals surface area contributed by atoms with Gasteiger partial charge in [0.1, 0.15) is 0 Å². The Bertz CT molecular complexity index is 1340. The molecule has 46 heavy (non-hydrogen) atoms. The first-order valence-corrected chi connectivity index (χ1v) is 18.0. The Labute approximate surface area is 282 Å². The Kier molecular flexibility index (Phi) is 14.2. The van der Waals surface area contributed by atoms with E-state index in [1.807, 2.05) is 36.4 Å². The van der Waals surface area contributed by atoms with Gasteiger partial charge < -0.3 is 9.47 Å². The molecule has 2 aromatic heterocycles. The SMILES string of the molecule is CCN(CC)C(CC(c1ccccc1)c1cccs1)OC(=O)/C=C/C(=O)OC(CC(c1ccccc1)c1cccs1)N(CC)CC. The highest BCUT2D eigenvalue weighted by Gasteiger charge is 2.28. The van der Waals surface area contributed by atoms with Crippen molar-refractivity contribution in [3.63, 3.8) is 0 Å². The van der Waals surface area contributed by atoms with Gasteiger partial charge in [0.25, 0.3) is 0 Å². The molecule has 0 saturated heterocycles. The number of carbonyl (C=O) groups excluding carboxylic acids is 2. The van der Waals surface area contributed by atoms with Crippen molar-refractivity contribution in [3.05, 3.63) is 129 Å². The quantitative estimate of drug-likeness (QED) is 0.0607. The summed E-state index contributed by atoms with van der Waals surface area (Å²) in [5.74, 6) is -0.979. The van der Waals surface area contributed by atoms with Crippen LogP contribution in [-0.4, -0.2) is 60.4 Å². The van der Waals surface area contributed by atoms with Crippen LogP contribution in [0.5, 0.6) is 0 Å². The number of nitrogens with zero attached hydrogens (tertiary/aromatic N) is 2. The monoisotopic (exact) mass is 658 g/mol. The molecule has 0 aliphatic heterocycles. The van der Waals surface area contributed by atoms with Crippen molar-refractivity contribution in [1.82, 2.24) is 9.80 Å². The highest BCUT2D eigenvalue weighted by molar-refractivity contribution is 7.10. The molecular weight excluding hydrogens is 613 g/mol. The van der Waals surface area contributed by atoms with Crippen LogP contribution in [0.4, 0.5) is 0 Å². The van der Waals surface area contributed by atoms with Crippen LogP contribution in [-0.2, 0) is 19.1 Å². The Morgan fingerprint density at radius 3 is 1.26 bits per heavy atom. The van der Waals surface area contributed by atoms with Gasteiger partial charge in [-0.15, -0.1) is 22.7 Å². The molecule has 8 heteroatoms. The van der Waals surface area contributed by atoms with E-state index in [9.17, 15) is 9.59 Å². The van der Waals surface area contributed by atoms with Crippen molar-refractivity contribution in [1.29, 1.82) is 0 Å². The summed E-state index contributed by atoms with van der Waals surface area (Å²) in [5.41, 5.74) is 2.35. The smallest absolute Gasteiger partial charge is 0.332 e. The summed E-state index contributed by atoms with van der Waals surface area (Å²) in [7, 11) is 0. The molecule has 4 unspecified atom stereocenters. The fraction of sp³-hybridized carbons (Fsp3) is 0.368. The number of rotatable bonds is 18. The lowest BCUT2D eigenvalue weighted by Gasteiger charge is -2.32. The molecule has 0 N–H and O–H groups in total. The van der Waals surface area contributed by atoms with Gasteiger partial charge >= 0.3 is 11.9 Å². The van der Waals surface area contributed by atoms with Crippen molar-refractivity contribution in [3.8, 4) is 0 Å². The highest BCUT2D eigenvalue weighted by atomic mass is 32.1. The van der Waals surface area contributed by atoms with E-state index in [-0.39, 0.29) is 11.8 Å². The van der Waals surface area contributed by atoms with Crippen LogP contribution in [0.3, 0.4) is 0 Å². The molecule has 0 amide bonds. The summed E-state index contributed by atoms with van der Waals surface area (Å²) >= 11 is 3.41. The summed E-state index contributed by atoms with van der Waals surface area (Å²) in [6, 6.07) is 29.0. The molecule has 244 valence electrons. The van der Waals surface area contributed by atoms with Crippen molar-refractivity contribution in [2.45, 2.75) is 64.8 Å². The highest BCUT2D eigenvalue weighted by Crippen LogP contribution is 2.35. The van der Waals surface area contributed by atoms with Gasteiger partial charge in [0.2, 0.25) is 0 Å². The van der Waals surface area contributed by atoms with Gasteiger partial charge in [0.05, 0.1) is 0 Å². The summed E-state index contributed by atoms with van der Waals surface area (Å²) in [4.78, 5) is 33.1. The summed E-state index contributed by atoms with van der Waals surface area (Å²) in [6.45, 7) is 11.2. The summed E-state index contributed by atoms with van der Waals surface area (Å²) in [6.07, 6.45) is 2.68. The number of esters is 2. The molecule has 0 aliphatic carbocycles. The van der Waals surface area contributed by atoms with Crippen LogP contribution < -0.4 is 0 Å². The average molecular weight is 659 g/mol. The maximum atomic E-state index is 13.2. The fourth-order valence-electron chi connectivity index (χ4n) is 5.87. The van der Waals surface area contributed by atoms with E-state index in [1.54, 1.807) is 22.7 Å². The Morgan fingerprint density at radius 1 is 0.587 bits per heavy atom. The molecule has 0 bridgehead atoms. The normalized spacial score (nSPS) is 14.3. The average Bonchev–Trinajstić information content (AvgIpc) is 3.82. The maximum absolute atomic E-state index is 13.2. The molecule has 0 fully saturated rings. The second kappa shape index (κ2) is 18.6. The van der Waals surface area contributed by atoms with Crippen LogP contribution >= 0.6 is 22.7 Å². The van der Waals surface area contributed by atoms with E-state index >= 15 is 0 Å². The van der Waals surface area contributed by atoms with E-state index in [0.717, 1.165) is 26.2 Å². The summed E-state index contributed by atoms with van der Waals surface area (Å²) < 4.78 is 12.1. The van der Waals surface area contributed by atoms with Crippen molar-refractivity contribution in [2.24, 2.45) is 0 Å². The maximum Gasteiger partial charge on any atom is 0.332 e. The minimum Gasteiger partial charge on any atom is -0.443 e. The number of thiophene rings is 2. The van der Waals surface area contributed by atoms with E-state index < -0.39 is 24.4 Å². The van der Waals surface area contributed by atoms with E-state index in [1.165, 1.54) is 33.0 Å². The lowest BCUT2D eigenvalue weighted by Crippen LogP contribution is -2.40. The standard InChI is InChI=1S/C38H46N2O4S2/c1-5-39(6-2)35(27-31(33-21-15-25-45-33)29-17-11-9-12-18-29)43-37(41)23-24-38(42)44-36(40(7-3)8-4)28-32(34-22-16-26-46-34)30-19-13-10-14-20-30/h9-26,31-32,35-36H,5-8,27-28H2,1-4H3/b24-23+. The fourth-order valence-corrected chi connectivity index (χ4v) is 7.61. The Morgan fingerprint density at radius 2 is 0.957 bits per heavy atom. The van der Waals surface area contributed by atoms with Crippen LogP contribution in [0.25, 0.3) is 0 Å². The van der Waals surface area contributed by atoms with Gasteiger partial charge in [-0.3, -0.25) is 9.80 Å². The number of hydrogen-bond donors (Lipinski definition) is 0. The van der Waals surface area contributed by atoms with Crippen molar-refractivity contribution < 1.29 is 19.1 Å². The molecule has 2 heterocycles. The molecule has 0 aliphatic rings. The molecule has 0 spiro atoms. The van der Waals surface area contributed by atoms with Gasteiger partial charge in [0, 0.05) is 46.6 Å². The Balaban J connectivity index is 1.48. The van der Waals surface area contributed by atoms with E-state index in [2.05, 4.69) is 96.8 Å². The van der Waals surface area contributed by atoms with E-state index in [0.29, 0.717) is 12.8 Å². The predicted molar refractivity (Wildman–Crippen MR) is 189 cm³/mol. The molecular formula is C38H46N2O4S2. The molecule has 0 saturated carbocycles. The van der Waals surface area contributed by atoms with Gasteiger partial charge in [0.15, 0.2) is 12.5 Å². The second-order valence-corrected chi connectivity index (χ2v) is 12.9. The molecule has 4 aromatic rings. The largest absolute Gasteiger partial charge is 0.443 e. The third-order valence-electron chi connectivity index (χ3n) is 8.35. The molecule has 6 nitrogen and oxygen atoms in total. The Hall–Kier alpha value is -3.56. The number of ether oxygens (including phenoxy) is 2. The lowest BCUT2D eigenvalue weighted by atomic mass is 9.93. The lowest BCUT2D eigenvalue weighted by molar-refractivity contribution is -0.156. The molecule has 2 aromatic carbocycles. The minimum absolute atomic E-state index is 0.0734. The molecule has 4 rings (SSSR count). The van der Waals surface area contributed by atoms with Gasteiger partial charge in [-0.25, -0.2) is 9.59 Å². The molecule has 0 radical (unpaired) electrons. The minimum atomic E-state index is -0.563. The molecule has 4 atom stereocenters. The van der Waals surface area contributed by atoms with Gasteiger partial charge in [-0.1, -0.05) is 100 Å². The zero-order valence-corrected chi connectivity index (χ0v) is 28.9. The zero-order chi connectivity index (χ0) is 32.7. The first-order valence-electron chi connectivity index (χ1n) is 16.2.